The number of halogens is 3. The van der Waals surface area contributed by atoms with Gasteiger partial charge in [0.1, 0.15) is 5.82 Å². The maximum atomic E-state index is 12.5. The van der Waals surface area contributed by atoms with E-state index in [9.17, 15) is 13.2 Å². The van der Waals surface area contributed by atoms with Crippen molar-refractivity contribution in [2.24, 2.45) is 5.73 Å². The largest absolute Gasteiger partial charge is 0.416 e. The molecule has 2 aromatic rings. The number of aromatic nitrogens is 2. The van der Waals surface area contributed by atoms with Crippen LogP contribution in [0.1, 0.15) is 17.8 Å². The Labute approximate surface area is 102 Å². The molecule has 0 fully saturated rings. The van der Waals surface area contributed by atoms with Gasteiger partial charge in [-0.2, -0.15) is 13.2 Å². The number of nitrogens with two attached hydrogens (primary N) is 1. The van der Waals surface area contributed by atoms with Crippen molar-refractivity contribution in [1.82, 2.24) is 9.97 Å². The summed E-state index contributed by atoms with van der Waals surface area (Å²) in [7, 11) is 0. The SMILES string of the molecule is NCCCc1ncc2cc(C(F)(F)F)ccc2n1. The normalized spacial score (nSPS) is 12.0. The van der Waals surface area contributed by atoms with Gasteiger partial charge in [-0.25, -0.2) is 9.97 Å². The van der Waals surface area contributed by atoms with Crippen LogP contribution in [0.15, 0.2) is 24.4 Å². The van der Waals surface area contributed by atoms with Crippen molar-refractivity contribution in [3.63, 3.8) is 0 Å². The smallest absolute Gasteiger partial charge is 0.330 e. The first-order chi connectivity index (χ1) is 8.50. The van der Waals surface area contributed by atoms with Crippen LogP contribution in [0.5, 0.6) is 0 Å². The topological polar surface area (TPSA) is 51.8 Å². The molecule has 1 aromatic carbocycles. The van der Waals surface area contributed by atoms with Crippen molar-refractivity contribution in [1.29, 1.82) is 0 Å². The Morgan fingerprint density at radius 1 is 1.22 bits per heavy atom. The molecule has 18 heavy (non-hydrogen) atoms. The number of benzene rings is 1. The Morgan fingerprint density at radius 2 is 2.00 bits per heavy atom. The van der Waals surface area contributed by atoms with Crippen LogP contribution in [-0.2, 0) is 12.6 Å². The van der Waals surface area contributed by atoms with Crippen molar-refractivity contribution in [2.45, 2.75) is 19.0 Å². The molecule has 0 amide bonds. The van der Waals surface area contributed by atoms with Gasteiger partial charge >= 0.3 is 6.18 Å². The highest BCUT2D eigenvalue weighted by Crippen LogP contribution is 2.30. The monoisotopic (exact) mass is 255 g/mol. The van der Waals surface area contributed by atoms with Gasteiger partial charge in [0.15, 0.2) is 0 Å². The molecule has 2 N–H and O–H groups in total. The van der Waals surface area contributed by atoms with Gasteiger partial charge in [-0.3, -0.25) is 0 Å². The lowest BCUT2D eigenvalue weighted by Gasteiger charge is -2.07. The maximum absolute atomic E-state index is 12.5. The zero-order valence-corrected chi connectivity index (χ0v) is 9.54. The van der Waals surface area contributed by atoms with E-state index < -0.39 is 11.7 Å². The first-order valence-corrected chi connectivity index (χ1v) is 5.53. The van der Waals surface area contributed by atoms with Crippen LogP contribution in [0, 0.1) is 0 Å². The number of hydrogen-bond acceptors (Lipinski definition) is 3. The summed E-state index contributed by atoms with van der Waals surface area (Å²) in [6.07, 6.45) is -1.53. The lowest BCUT2D eigenvalue weighted by Crippen LogP contribution is -2.05. The second-order valence-corrected chi connectivity index (χ2v) is 3.95. The Hall–Kier alpha value is -1.69. The van der Waals surface area contributed by atoms with Gasteiger partial charge in [0.25, 0.3) is 0 Å². The summed E-state index contributed by atoms with van der Waals surface area (Å²) in [5.74, 6) is 0.604. The molecule has 0 bridgehead atoms. The Morgan fingerprint density at radius 3 is 2.67 bits per heavy atom. The molecule has 1 aromatic heterocycles. The fourth-order valence-corrected chi connectivity index (χ4v) is 1.63. The van der Waals surface area contributed by atoms with Crippen molar-refractivity contribution in [3.8, 4) is 0 Å². The number of hydrogen-bond donors (Lipinski definition) is 1. The Kier molecular flexibility index (Phi) is 3.47. The van der Waals surface area contributed by atoms with Crippen molar-refractivity contribution in [2.75, 3.05) is 6.54 Å². The van der Waals surface area contributed by atoms with E-state index in [1.54, 1.807) is 0 Å². The number of rotatable bonds is 3. The highest BCUT2D eigenvalue weighted by molar-refractivity contribution is 5.78. The molecule has 0 aliphatic carbocycles. The lowest BCUT2D eigenvalue weighted by atomic mass is 10.1. The van der Waals surface area contributed by atoms with E-state index in [1.165, 1.54) is 12.3 Å². The van der Waals surface area contributed by atoms with Gasteiger partial charge in [0, 0.05) is 18.0 Å². The van der Waals surface area contributed by atoms with Gasteiger partial charge in [0.05, 0.1) is 11.1 Å². The molecule has 0 saturated carbocycles. The van der Waals surface area contributed by atoms with Gasteiger partial charge in [-0.15, -0.1) is 0 Å². The highest BCUT2D eigenvalue weighted by atomic mass is 19.4. The summed E-state index contributed by atoms with van der Waals surface area (Å²) in [5.41, 5.74) is 5.21. The lowest BCUT2D eigenvalue weighted by molar-refractivity contribution is -0.137. The number of fused-ring (bicyclic) bond motifs is 1. The van der Waals surface area contributed by atoms with E-state index in [-0.39, 0.29) is 0 Å². The van der Waals surface area contributed by atoms with Gasteiger partial charge in [-0.1, -0.05) is 0 Å². The van der Waals surface area contributed by atoms with E-state index in [0.717, 1.165) is 18.6 Å². The predicted octanol–water partition coefficient (Wildman–Crippen LogP) is 2.54. The minimum Gasteiger partial charge on any atom is -0.330 e. The summed E-state index contributed by atoms with van der Waals surface area (Å²) in [6, 6.07) is 3.45. The fraction of sp³-hybridized carbons (Fsp3) is 0.333. The van der Waals surface area contributed by atoms with Crippen molar-refractivity contribution in [3.05, 3.63) is 35.8 Å². The van der Waals surface area contributed by atoms with E-state index >= 15 is 0 Å². The molecule has 0 unspecified atom stereocenters. The molecule has 2 rings (SSSR count). The zero-order valence-electron chi connectivity index (χ0n) is 9.54. The average Bonchev–Trinajstić information content (AvgIpc) is 2.34. The molecule has 0 radical (unpaired) electrons. The van der Waals surface area contributed by atoms with Crippen molar-refractivity contribution >= 4 is 10.9 Å². The Balaban J connectivity index is 2.36. The molecule has 0 atom stereocenters. The maximum Gasteiger partial charge on any atom is 0.416 e. The zero-order chi connectivity index (χ0) is 13.2. The first kappa shape index (κ1) is 12.8. The third kappa shape index (κ3) is 2.76. The van der Waals surface area contributed by atoms with E-state index in [1.807, 2.05) is 0 Å². The van der Waals surface area contributed by atoms with Gasteiger partial charge in [-0.05, 0) is 31.2 Å². The molecular weight excluding hydrogens is 243 g/mol. The quantitative estimate of drug-likeness (QED) is 0.916. The number of alkyl halides is 3. The molecule has 0 aliphatic rings. The molecule has 0 aliphatic heterocycles. The average molecular weight is 255 g/mol. The number of aryl methyl sites for hydroxylation is 1. The van der Waals surface area contributed by atoms with Crippen molar-refractivity contribution < 1.29 is 13.2 Å². The molecule has 1 heterocycles. The molecule has 3 nitrogen and oxygen atoms in total. The second kappa shape index (κ2) is 4.89. The number of nitrogens with zero attached hydrogens (tertiary/aromatic N) is 2. The Bertz CT molecular complexity index is 552. The summed E-state index contributed by atoms with van der Waals surface area (Å²) in [5, 5.41) is 0.390. The van der Waals surface area contributed by atoms with Crippen LogP contribution in [0.4, 0.5) is 13.2 Å². The third-order valence-electron chi connectivity index (χ3n) is 2.56. The van der Waals surface area contributed by atoms with Gasteiger partial charge in [0.2, 0.25) is 0 Å². The standard InChI is InChI=1S/C12H12F3N3/c13-12(14,15)9-3-4-10-8(6-9)7-17-11(18-10)2-1-5-16/h3-4,6-7H,1-2,5,16H2. The third-order valence-corrected chi connectivity index (χ3v) is 2.56. The van der Waals surface area contributed by atoms with Crippen LogP contribution < -0.4 is 5.73 Å². The summed E-state index contributed by atoms with van der Waals surface area (Å²) >= 11 is 0. The molecule has 96 valence electrons. The van der Waals surface area contributed by atoms with Gasteiger partial charge < -0.3 is 5.73 Å². The molecule has 6 heteroatoms. The summed E-state index contributed by atoms with van der Waals surface area (Å²) in [6.45, 7) is 0.536. The minimum absolute atomic E-state index is 0.390. The van der Waals surface area contributed by atoms with E-state index in [4.69, 9.17) is 5.73 Å². The van der Waals surface area contributed by atoms with E-state index in [0.29, 0.717) is 29.7 Å². The first-order valence-electron chi connectivity index (χ1n) is 5.53. The van der Waals surface area contributed by atoms with E-state index in [2.05, 4.69) is 9.97 Å². The summed E-state index contributed by atoms with van der Waals surface area (Å²) in [4.78, 5) is 8.24. The van der Waals surface area contributed by atoms with Crippen LogP contribution in [0.2, 0.25) is 0 Å². The minimum atomic E-state index is -4.34. The van der Waals surface area contributed by atoms with Crippen LogP contribution in [-0.4, -0.2) is 16.5 Å². The van der Waals surface area contributed by atoms with Crippen LogP contribution in [0.3, 0.4) is 0 Å². The predicted molar refractivity (Wildman–Crippen MR) is 61.9 cm³/mol. The molecule has 0 spiro atoms. The van der Waals surface area contributed by atoms with Crippen LogP contribution >= 0.6 is 0 Å². The molecular formula is C12H12F3N3. The van der Waals surface area contributed by atoms with Crippen LogP contribution in [0.25, 0.3) is 10.9 Å². The molecule has 0 saturated heterocycles. The highest BCUT2D eigenvalue weighted by Gasteiger charge is 2.30. The second-order valence-electron chi connectivity index (χ2n) is 3.95. The summed E-state index contributed by atoms with van der Waals surface area (Å²) < 4.78 is 37.5. The fourth-order valence-electron chi connectivity index (χ4n) is 1.63.